The van der Waals surface area contributed by atoms with E-state index in [0.29, 0.717) is 24.7 Å². The minimum atomic E-state index is -0.778. The van der Waals surface area contributed by atoms with Crippen molar-refractivity contribution in [2.75, 3.05) is 19.7 Å². The van der Waals surface area contributed by atoms with Crippen molar-refractivity contribution in [3.8, 4) is 5.88 Å². The summed E-state index contributed by atoms with van der Waals surface area (Å²) in [5, 5.41) is 12.4. The topological polar surface area (TPSA) is 92.9 Å². The molecule has 0 aromatic carbocycles. The zero-order valence-corrected chi connectivity index (χ0v) is 11.4. The van der Waals surface area contributed by atoms with Gasteiger partial charge in [0.15, 0.2) is 6.61 Å². The standard InChI is InChI=1S/C13H18N2O5/c1-9-6-11(14-20-9)19-8-12(16)15-4-2-10(3-5-15)7-13(17)18/h6,10H,2-5,7-8H2,1H3,(H,17,18). The number of hydrogen-bond acceptors (Lipinski definition) is 5. The van der Waals surface area contributed by atoms with E-state index in [-0.39, 0.29) is 24.9 Å². The predicted molar refractivity (Wildman–Crippen MR) is 68.3 cm³/mol. The third-order valence-electron chi connectivity index (χ3n) is 3.38. The highest BCUT2D eigenvalue weighted by atomic mass is 16.5. The molecule has 20 heavy (non-hydrogen) atoms. The molecule has 1 aliphatic heterocycles. The van der Waals surface area contributed by atoms with Crippen molar-refractivity contribution in [2.45, 2.75) is 26.2 Å². The number of hydrogen-bond donors (Lipinski definition) is 1. The van der Waals surface area contributed by atoms with E-state index in [1.807, 2.05) is 0 Å². The molecule has 0 aliphatic carbocycles. The van der Waals surface area contributed by atoms with Gasteiger partial charge in [-0.15, -0.1) is 0 Å². The Balaban J connectivity index is 1.73. The number of carboxylic acid groups (broad SMARTS) is 1. The zero-order valence-electron chi connectivity index (χ0n) is 11.4. The molecule has 0 saturated carbocycles. The second-order valence-electron chi connectivity index (χ2n) is 4.99. The molecule has 0 radical (unpaired) electrons. The molecule has 1 aromatic rings. The molecule has 7 nitrogen and oxygen atoms in total. The van der Waals surface area contributed by atoms with Crippen LogP contribution < -0.4 is 4.74 Å². The van der Waals surface area contributed by atoms with Gasteiger partial charge in [-0.05, 0) is 30.8 Å². The normalized spacial score (nSPS) is 16.1. The first-order chi connectivity index (χ1) is 9.54. The van der Waals surface area contributed by atoms with Gasteiger partial charge in [-0.25, -0.2) is 0 Å². The maximum atomic E-state index is 11.9. The second kappa shape index (κ2) is 6.40. The Kier molecular flexibility index (Phi) is 4.60. The van der Waals surface area contributed by atoms with Crippen LogP contribution in [0.3, 0.4) is 0 Å². The van der Waals surface area contributed by atoms with E-state index in [9.17, 15) is 9.59 Å². The number of nitrogens with zero attached hydrogens (tertiary/aromatic N) is 2. The summed E-state index contributed by atoms with van der Waals surface area (Å²) in [5.74, 6) is 0.202. The number of carbonyl (C=O) groups excluding carboxylic acids is 1. The third-order valence-corrected chi connectivity index (χ3v) is 3.38. The van der Waals surface area contributed by atoms with Crippen LogP contribution in [0.2, 0.25) is 0 Å². The fourth-order valence-corrected chi connectivity index (χ4v) is 2.27. The number of ether oxygens (including phenoxy) is 1. The predicted octanol–water partition coefficient (Wildman–Crippen LogP) is 1.08. The molecule has 0 atom stereocenters. The van der Waals surface area contributed by atoms with Gasteiger partial charge in [-0.2, -0.15) is 0 Å². The zero-order chi connectivity index (χ0) is 14.5. The number of carbonyl (C=O) groups is 2. The quantitative estimate of drug-likeness (QED) is 0.868. The smallest absolute Gasteiger partial charge is 0.303 e. The largest absolute Gasteiger partial charge is 0.481 e. The Morgan fingerprint density at radius 1 is 1.50 bits per heavy atom. The van der Waals surface area contributed by atoms with E-state index in [1.165, 1.54) is 0 Å². The van der Waals surface area contributed by atoms with Gasteiger partial charge >= 0.3 is 5.97 Å². The van der Waals surface area contributed by atoms with E-state index in [1.54, 1.807) is 17.9 Å². The fourth-order valence-electron chi connectivity index (χ4n) is 2.27. The molecule has 2 heterocycles. The lowest BCUT2D eigenvalue weighted by Crippen LogP contribution is -2.41. The Hall–Kier alpha value is -2.05. The lowest BCUT2D eigenvalue weighted by molar-refractivity contribution is -0.139. The van der Waals surface area contributed by atoms with Crippen LogP contribution in [0, 0.1) is 12.8 Å². The highest BCUT2D eigenvalue weighted by Crippen LogP contribution is 2.20. The molecule has 1 aliphatic rings. The van der Waals surface area contributed by atoms with E-state index in [4.69, 9.17) is 14.4 Å². The Morgan fingerprint density at radius 3 is 2.75 bits per heavy atom. The molecule has 1 saturated heterocycles. The van der Waals surface area contributed by atoms with Gasteiger partial charge in [0.1, 0.15) is 5.76 Å². The number of aromatic nitrogens is 1. The van der Waals surface area contributed by atoms with Crippen molar-refractivity contribution in [3.05, 3.63) is 11.8 Å². The lowest BCUT2D eigenvalue weighted by Gasteiger charge is -2.31. The van der Waals surface area contributed by atoms with Crippen molar-refractivity contribution in [1.82, 2.24) is 10.1 Å². The summed E-state index contributed by atoms with van der Waals surface area (Å²) < 4.78 is 10.1. The summed E-state index contributed by atoms with van der Waals surface area (Å²) >= 11 is 0. The van der Waals surface area contributed by atoms with E-state index >= 15 is 0 Å². The van der Waals surface area contributed by atoms with Crippen molar-refractivity contribution >= 4 is 11.9 Å². The van der Waals surface area contributed by atoms with E-state index < -0.39 is 5.97 Å². The van der Waals surface area contributed by atoms with Gasteiger partial charge in [-0.1, -0.05) is 0 Å². The van der Waals surface area contributed by atoms with E-state index in [0.717, 1.165) is 12.8 Å². The first-order valence-electron chi connectivity index (χ1n) is 6.60. The van der Waals surface area contributed by atoms with Crippen LogP contribution in [0.15, 0.2) is 10.6 Å². The average molecular weight is 282 g/mol. The molecule has 0 spiro atoms. The van der Waals surface area contributed by atoms with Crippen molar-refractivity contribution < 1.29 is 24.0 Å². The molecule has 1 N–H and O–H groups in total. The average Bonchev–Trinajstić information content (AvgIpc) is 2.82. The first-order valence-corrected chi connectivity index (χ1v) is 6.60. The maximum Gasteiger partial charge on any atom is 0.303 e. The van der Waals surface area contributed by atoms with Gasteiger partial charge in [0, 0.05) is 25.6 Å². The van der Waals surface area contributed by atoms with Gasteiger partial charge in [-0.3, -0.25) is 9.59 Å². The monoisotopic (exact) mass is 282 g/mol. The van der Waals surface area contributed by atoms with Gasteiger partial charge < -0.3 is 19.3 Å². The highest BCUT2D eigenvalue weighted by Gasteiger charge is 2.24. The minimum absolute atomic E-state index is 0.0738. The highest BCUT2D eigenvalue weighted by molar-refractivity contribution is 5.77. The minimum Gasteiger partial charge on any atom is -0.481 e. The Morgan fingerprint density at radius 2 is 2.20 bits per heavy atom. The van der Waals surface area contributed by atoms with Crippen LogP contribution in [0.25, 0.3) is 0 Å². The number of aliphatic carboxylic acids is 1. The first kappa shape index (κ1) is 14.4. The Bertz CT molecular complexity index is 477. The SMILES string of the molecule is Cc1cc(OCC(=O)N2CCC(CC(=O)O)CC2)no1. The molecule has 110 valence electrons. The van der Waals surface area contributed by atoms with E-state index in [2.05, 4.69) is 5.16 Å². The van der Waals surface area contributed by atoms with Crippen molar-refractivity contribution in [3.63, 3.8) is 0 Å². The van der Waals surface area contributed by atoms with Crippen LogP contribution in [0.5, 0.6) is 5.88 Å². The summed E-state index contributed by atoms with van der Waals surface area (Å²) in [6.07, 6.45) is 1.62. The summed E-state index contributed by atoms with van der Waals surface area (Å²) in [6, 6.07) is 1.62. The van der Waals surface area contributed by atoms with Crippen LogP contribution in [0.4, 0.5) is 0 Å². The summed E-state index contributed by atoms with van der Waals surface area (Å²) in [7, 11) is 0. The van der Waals surface area contributed by atoms with Gasteiger partial charge in [0.2, 0.25) is 0 Å². The number of carboxylic acids is 1. The van der Waals surface area contributed by atoms with Crippen LogP contribution >= 0.6 is 0 Å². The molecule has 7 heteroatoms. The molecular formula is C13H18N2O5. The lowest BCUT2D eigenvalue weighted by atomic mass is 9.94. The number of rotatable bonds is 5. The fraction of sp³-hybridized carbons (Fsp3) is 0.615. The molecular weight excluding hydrogens is 264 g/mol. The maximum absolute atomic E-state index is 11.9. The molecule has 2 rings (SSSR count). The molecule has 1 aromatic heterocycles. The summed E-state index contributed by atoms with van der Waals surface area (Å²) in [6.45, 7) is 2.83. The van der Waals surface area contributed by atoms with Crippen LogP contribution in [-0.2, 0) is 9.59 Å². The van der Waals surface area contributed by atoms with Crippen LogP contribution in [-0.4, -0.2) is 46.7 Å². The number of amides is 1. The summed E-state index contributed by atoms with van der Waals surface area (Å²) in [4.78, 5) is 24.3. The number of aryl methyl sites for hydroxylation is 1. The number of likely N-dealkylation sites (tertiary alicyclic amines) is 1. The Labute approximate surface area is 116 Å². The third kappa shape index (κ3) is 3.97. The summed E-state index contributed by atoms with van der Waals surface area (Å²) in [5.41, 5.74) is 0. The van der Waals surface area contributed by atoms with Gasteiger partial charge in [0.25, 0.3) is 11.8 Å². The van der Waals surface area contributed by atoms with Crippen molar-refractivity contribution in [2.24, 2.45) is 5.92 Å². The van der Waals surface area contributed by atoms with Gasteiger partial charge in [0.05, 0.1) is 0 Å². The van der Waals surface area contributed by atoms with Crippen molar-refractivity contribution in [1.29, 1.82) is 0 Å². The van der Waals surface area contributed by atoms with Crippen LogP contribution in [0.1, 0.15) is 25.0 Å². The molecule has 0 unspecified atom stereocenters. The molecule has 0 bridgehead atoms. The second-order valence-corrected chi connectivity index (χ2v) is 4.99. The molecule has 1 fully saturated rings. The number of piperidine rings is 1. The molecule has 1 amide bonds.